The lowest BCUT2D eigenvalue weighted by Crippen LogP contribution is -2.10. The lowest BCUT2D eigenvalue weighted by atomic mass is 10.2. The van der Waals surface area contributed by atoms with Gasteiger partial charge >= 0.3 is 0 Å². The van der Waals surface area contributed by atoms with Crippen molar-refractivity contribution in [2.45, 2.75) is 13.0 Å². The molecule has 1 atom stereocenters. The minimum atomic E-state index is -0.0475. The number of nitrogens with two attached hydrogens (primary N) is 1. The Morgan fingerprint density at radius 1 is 1.44 bits per heavy atom. The van der Waals surface area contributed by atoms with Crippen molar-refractivity contribution in [2.24, 2.45) is 5.73 Å². The lowest BCUT2D eigenvalue weighted by Gasteiger charge is -2.11. The number of aromatic nitrogens is 2. The molecular weight excluding hydrogens is 202 g/mol. The summed E-state index contributed by atoms with van der Waals surface area (Å²) in [6.45, 7) is 1.94. The van der Waals surface area contributed by atoms with E-state index in [1.54, 1.807) is 19.6 Å². The van der Waals surface area contributed by atoms with E-state index in [0.717, 1.165) is 17.1 Å². The molecule has 0 saturated heterocycles. The number of imidazole rings is 1. The number of ether oxygens (including phenoxy) is 1. The first-order valence-electron chi connectivity index (χ1n) is 5.14. The predicted octanol–water partition coefficient (Wildman–Crippen LogP) is 1.90. The molecule has 2 rings (SSSR count). The van der Waals surface area contributed by atoms with Gasteiger partial charge in [0.25, 0.3) is 0 Å². The molecule has 0 spiro atoms. The number of hydrogen-bond acceptors (Lipinski definition) is 3. The third kappa shape index (κ3) is 1.92. The summed E-state index contributed by atoms with van der Waals surface area (Å²) in [4.78, 5) is 4.12. The first kappa shape index (κ1) is 10.7. The highest BCUT2D eigenvalue weighted by molar-refractivity contribution is 5.40. The maximum Gasteiger partial charge on any atom is 0.120 e. The Kier molecular flexibility index (Phi) is 2.92. The molecule has 0 aliphatic heterocycles. The summed E-state index contributed by atoms with van der Waals surface area (Å²) in [6.07, 6.45) is 3.54. The fourth-order valence-corrected chi connectivity index (χ4v) is 1.62. The summed E-state index contributed by atoms with van der Waals surface area (Å²) in [6, 6.07) is 7.75. The van der Waals surface area contributed by atoms with Gasteiger partial charge < -0.3 is 15.0 Å². The number of nitrogens with zero attached hydrogens (tertiary/aromatic N) is 2. The fourth-order valence-electron chi connectivity index (χ4n) is 1.62. The molecule has 84 valence electrons. The van der Waals surface area contributed by atoms with Crippen molar-refractivity contribution in [3.8, 4) is 11.4 Å². The molecule has 2 aromatic rings. The molecule has 0 amide bonds. The minimum absolute atomic E-state index is 0.0475. The van der Waals surface area contributed by atoms with E-state index in [1.165, 1.54) is 0 Å². The first-order chi connectivity index (χ1) is 7.72. The van der Waals surface area contributed by atoms with E-state index in [-0.39, 0.29) is 6.04 Å². The van der Waals surface area contributed by atoms with Crippen LogP contribution in [0.3, 0.4) is 0 Å². The summed E-state index contributed by atoms with van der Waals surface area (Å²) >= 11 is 0. The van der Waals surface area contributed by atoms with Crippen LogP contribution >= 0.6 is 0 Å². The first-order valence-corrected chi connectivity index (χ1v) is 5.14. The molecule has 0 unspecified atom stereocenters. The van der Waals surface area contributed by atoms with Gasteiger partial charge in [0.1, 0.15) is 5.75 Å². The second kappa shape index (κ2) is 4.37. The molecule has 0 aliphatic rings. The van der Waals surface area contributed by atoms with Crippen molar-refractivity contribution < 1.29 is 4.74 Å². The molecule has 1 aromatic carbocycles. The van der Waals surface area contributed by atoms with Gasteiger partial charge in [-0.1, -0.05) is 6.07 Å². The molecule has 2 N–H and O–H groups in total. The van der Waals surface area contributed by atoms with Gasteiger partial charge in [0.2, 0.25) is 0 Å². The van der Waals surface area contributed by atoms with E-state index >= 15 is 0 Å². The molecule has 0 aliphatic carbocycles. The van der Waals surface area contributed by atoms with Crippen LogP contribution in [0.5, 0.6) is 5.75 Å². The molecule has 1 aromatic heterocycles. The minimum Gasteiger partial charge on any atom is -0.497 e. The third-order valence-corrected chi connectivity index (χ3v) is 2.47. The summed E-state index contributed by atoms with van der Waals surface area (Å²) in [5.41, 5.74) is 7.86. The Balaban J connectivity index is 2.46. The summed E-state index contributed by atoms with van der Waals surface area (Å²) in [7, 11) is 1.65. The van der Waals surface area contributed by atoms with E-state index in [1.807, 2.05) is 35.8 Å². The Morgan fingerprint density at radius 3 is 2.94 bits per heavy atom. The van der Waals surface area contributed by atoms with Crippen molar-refractivity contribution in [3.05, 3.63) is 42.5 Å². The predicted molar refractivity (Wildman–Crippen MR) is 62.7 cm³/mol. The van der Waals surface area contributed by atoms with Gasteiger partial charge in [-0.3, -0.25) is 0 Å². The second-order valence-corrected chi connectivity index (χ2v) is 3.68. The SMILES string of the molecule is COc1cccc(-n2cncc2[C@@H](C)N)c1. The molecule has 16 heavy (non-hydrogen) atoms. The van der Waals surface area contributed by atoms with Crippen molar-refractivity contribution in [1.29, 1.82) is 0 Å². The smallest absolute Gasteiger partial charge is 0.120 e. The maximum absolute atomic E-state index is 5.87. The highest BCUT2D eigenvalue weighted by Gasteiger charge is 2.08. The van der Waals surface area contributed by atoms with Crippen LogP contribution in [0.1, 0.15) is 18.7 Å². The molecular formula is C12H15N3O. The van der Waals surface area contributed by atoms with Crippen LogP contribution < -0.4 is 10.5 Å². The fraction of sp³-hybridized carbons (Fsp3) is 0.250. The number of methoxy groups -OCH3 is 1. The van der Waals surface area contributed by atoms with E-state index < -0.39 is 0 Å². The summed E-state index contributed by atoms with van der Waals surface area (Å²) in [5.74, 6) is 0.821. The Bertz CT molecular complexity index is 477. The summed E-state index contributed by atoms with van der Waals surface area (Å²) < 4.78 is 7.15. The standard InChI is InChI=1S/C12H15N3O/c1-9(13)12-7-14-8-15(12)10-4-3-5-11(6-10)16-2/h3-9H,13H2,1-2H3/t9-/m1/s1. The summed E-state index contributed by atoms with van der Waals surface area (Å²) in [5, 5.41) is 0. The Morgan fingerprint density at radius 2 is 2.25 bits per heavy atom. The van der Waals surface area contributed by atoms with Gasteiger partial charge in [-0.15, -0.1) is 0 Å². The average molecular weight is 217 g/mol. The van der Waals surface area contributed by atoms with Crippen LogP contribution in [0.2, 0.25) is 0 Å². The molecule has 0 saturated carbocycles. The van der Waals surface area contributed by atoms with Gasteiger partial charge in [-0.05, 0) is 19.1 Å². The van der Waals surface area contributed by atoms with Crippen molar-refractivity contribution in [3.63, 3.8) is 0 Å². The van der Waals surface area contributed by atoms with Crippen molar-refractivity contribution in [1.82, 2.24) is 9.55 Å². The third-order valence-electron chi connectivity index (χ3n) is 2.47. The lowest BCUT2D eigenvalue weighted by molar-refractivity contribution is 0.414. The number of rotatable bonds is 3. The monoisotopic (exact) mass is 217 g/mol. The van der Waals surface area contributed by atoms with Crippen LogP contribution in [0.25, 0.3) is 5.69 Å². The molecule has 4 heteroatoms. The highest BCUT2D eigenvalue weighted by atomic mass is 16.5. The Hall–Kier alpha value is -1.81. The largest absolute Gasteiger partial charge is 0.497 e. The molecule has 1 heterocycles. The topological polar surface area (TPSA) is 53.1 Å². The Labute approximate surface area is 94.7 Å². The average Bonchev–Trinajstić information content (AvgIpc) is 2.78. The molecule has 4 nitrogen and oxygen atoms in total. The van der Waals surface area contributed by atoms with Gasteiger partial charge in [0.05, 0.1) is 31.0 Å². The van der Waals surface area contributed by atoms with Gasteiger partial charge in [0, 0.05) is 12.1 Å². The maximum atomic E-state index is 5.87. The normalized spacial score (nSPS) is 12.4. The van der Waals surface area contributed by atoms with Gasteiger partial charge in [-0.25, -0.2) is 4.98 Å². The number of benzene rings is 1. The molecule has 0 fully saturated rings. The zero-order valence-electron chi connectivity index (χ0n) is 9.42. The molecule has 0 radical (unpaired) electrons. The van der Waals surface area contributed by atoms with Crippen LogP contribution in [0, 0.1) is 0 Å². The van der Waals surface area contributed by atoms with Crippen LogP contribution in [0.15, 0.2) is 36.8 Å². The van der Waals surface area contributed by atoms with E-state index in [9.17, 15) is 0 Å². The molecule has 0 bridgehead atoms. The quantitative estimate of drug-likeness (QED) is 0.854. The van der Waals surface area contributed by atoms with Crippen LogP contribution in [0.4, 0.5) is 0 Å². The van der Waals surface area contributed by atoms with Gasteiger partial charge in [-0.2, -0.15) is 0 Å². The zero-order valence-corrected chi connectivity index (χ0v) is 9.42. The van der Waals surface area contributed by atoms with Gasteiger partial charge in [0.15, 0.2) is 0 Å². The van der Waals surface area contributed by atoms with E-state index in [0.29, 0.717) is 0 Å². The number of hydrogen-bond donors (Lipinski definition) is 1. The van der Waals surface area contributed by atoms with E-state index in [2.05, 4.69) is 4.98 Å². The van der Waals surface area contributed by atoms with Crippen molar-refractivity contribution >= 4 is 0 Å². The second-order valence-electron chi connectivity index (χ2n) is 3.68. The van der Waals surface area contributed by atoms with Crippen LogP contribution in [-0.2, 0) is 0 Å². The zero-order chi connectivity index (χ0) is 11.5. The highest BCUT2D eigenvalue weighted by Crippen LogP contribution is 2.20. The van der Waals surface area contributed by atoms with E-state index in [4.69, 9.17) is 10.5 Å². The van der Waals surface area contributed by atoms with Crippen molar-refractivity contribution in [2.75, 3.05) is 7.11 Å². The van der Waals surface area contributed by atoms with Crippen LogP contribution in [-0.4, -0.2) is 16.7 Å².